The Balaban J connectivity index is 1.86. The lowest BCUT2D eigenvalue weighted by Crippen LogP contribution is -2.31. The molecule has 1 N–H and O–H groups in total. The first kappa shape index (κ1) is 21.2. The van der Waals surface area contributed by atoms with Gasteiger partial charge in [0.05, 0.1) is 33.9 Å². The molecule has 30 heavy (non-hydrogen) atoms. The summed E-state index contributed by atoms with van der Waals surface area (Å²) in [5.41, 5.74) is -0.0164. The van der Waals surface area contributed by atoms with Gasteiger partial charge >= 0.3 is 5.97 Å². The Morgan fingerprint density at radius 1 is 1.27 bits per heavy atom. The molecule has 3 rings (SSSR count). The van der Waals surface area contributed by atoms with E-state index in [0.717, 1.165) is 4.88 Å². The molecule has 0 aliphatic heterocycles. The Morgan fingerprint density at radius 2 is 2.03 bits per heavy atom. The highest BCUT2D eigenvalue weighted by atomic mass is 32.1. The predicted octanol–water partition coefficient (Wildman–Crippen LogP) is 4.12. The number of hydrogen-bond donors (Lipinski definition) is 1. The van der Waals surface area contributed by atoms with Gasteiger partial charge in [0.2, 0.25) is 0 Å². The highest BCUT2D eigenvalue weighted by Gasteiger charge is 2.28. The zero-order valence-corrected chi connectivity index (χ0v) is 17.0. The number of carbonyl (C=O) groups is 2. The summed E-state index contributed by atoms with van der Waals surface area (Å²) in [6, 6.07) is 10.1. The number of aromatic nitrogens is 1. The maximum atomic E-state index is 12.7. The zero-order valence-electron chi connectivity index (χ0n) is 16.2. The van der Waals surface area contributed by atoms with Crippen LogP contribution in [0.1, 0.15) is 42.4 Å². The molecule has 2 heterocycles. The molecule has 0 bridgehead atoms. The van der Waals surface area contributed by atoms with Crippen LogP contribution >= 0.6 is 11.3 Å². The molecule has 0 aliphatic carbocycles. The number of rotatable bonds is 8. The van der Waals surface area contributed by atoms with E-state index in [1.165, 1.54) is 35.6 Å². The van der Waals surface area contributed by atoms with Gasteiger partial charge in [-0.05, 0) is 25.3 Å². The fraction of sp³-hybridized carbons (Fsp3) is 0.250. The Kier molecular flexibility index (Phi) is 6.58. The van der Waals surface area contributed by atoms with Crippen LogP contribution in [-0.2, 0) is 9.53 Å². The number of amides is 1. The first-order chi connectivity index (χ1) is 14.3. The summed E-state index contributed by atoms with van der Waals surface area (Å²) in [5.74, 6) is -0.786. The normalized spacial score (nSPS) is 11.8. The second kappa shape index (κ2) is 9.31. The van der Waals surface area contributed by atoms with Crippen LogP contribution in [0, 0.1) is 10.1 Å². The van der Waals surface area contributed by atoms with Crippen molar-refractivity contribution in [1.29, 1.82) is 0 Å². The SMILES string of the molecule is CC(C)OC(=O)CC(NC(=O)c1cc(-c2cccs2)on1)c1ccccc1[N+](=O)[O-]. The molecule has 3 aromatic rings. The Labute approximate surface area is 175 Å². The van der Waals surface area contributed by atoms with E-state index in [2.05, 4.69) is 10.5 Å². The van der Waals surface area contributed by atoms with Crippen LogP contribution in [0.4, 0.5) is 5.69 Å². The Morgan fingerprint density at radius 3 is 2.70 bits per heavy atom. The van der Waals surface area contributed by atoms with Gasteiger partial charge in [-0.1, -0.05) is 29.4 Å². The van der Waals surface area contributed by atoms with Gasteiger partial charge in [0.15, 0.2) is 11.5 Å². The summed E-state index contributed by atoms with van der Waals surface area (Å²) in [5, 5.41) is 19.7. The van der Waals surface area contributed by atoms with Crippen LogP contribution in [0.15, 0.2) is 52.4 Å². The van der Waals surface area contributed by atoms with Crippen molar-refractivity contribution in [1.82, 2.24) is 10.5 Å². The maximum Gasteiger partial charge on any atom is 0.308 e. The summed E-state index contributed by atoms with van der Waals surface area (Å²) >= 11 is 1.43. The smallest absolute Gasteiger partial charge is 0.308 e. The predicted molar refractivity (Wildman–Crippen MR) is 109 cm³/mol. The van der Waals surface area contributed by atoms with Gasteiger partial charge in [0.1, 0.15) is 0 Å². The van der Waals surface area contributed by atoms with Gasteiger partial charge in [0.25, 0.3) is 11.6 Å². The quantitative estimate of drug-likeness (QED) is 0.324. The molecule has 10 heteroatoms. The lowest BCUT2D eigenvalue weighted by molar-refractivity contribution is -0.385. The number of nitrogens with zero attached hydrogens (tertiary/aromatic N) is 2. The fourth-order valence-electron chi connectivity index (χ4n) is 2.81. The Bertz CT molecular complexity index is 1040. The van der Waals surface area contributed by atoms with E-state index in [4.69, 9.17) is 9.26 Å². The molecule has 0 fully saturated rings. The molecule has 0 radical (unpaired) electrons. The van der Waals surface area contributed by atoms with Crippen LogP contribution in [0.3, 0.4) is 0 Å². The number of hydrogen-bond acceptors (Lipinski definition) is 8. The third-order valence-corrected chi connectivity index (χ3v) is 4.94. The van der Waals surface area contributed by atoms with E-state index in [-0.39, 0.29) is 29.5 Å². The average Bonchev–Trinajstić information content (AvgIpc) is 3.38. The van der Waals surface area contributed by atoms with Crippen molar-refractivity contribution < 1.29 is 23.8 Å². The van der Waals surface area contributed by atoms with Gasteiger partial charge in [-0.2, -0.15) is 0 Å². The highest BCUT2D eigenvalue weighted by Crippen LogP contribution is 2.29. The van der Waals surface area contributed by atoms with Crippen molar-refractivity contribution in [2.45, 2.75) is 32.4 Å². The summed E-state index contributed by atoms with van der Waals surface area (Å²) in [6.07, 6.45) is -0.631. The minimum atomic E-state index is -0.979. The van der Waals surface area contributed by atoms with Crippen molar-refractivity contribution in [2.24, 2.45) is 0 Å². The molecule has 1 unspecified atom stereocenters. The van der Waals surface area contributed by atoms with E-state index < -0.39 is 22.8 Å². The lowest BCUT2D eigenvalue weighted by atomic mass is 10.0. The number of benzene rings is 1. The van der Waals surface area contributed by atoms with E-state index in [1.807, 2.05) is 17.5 Å². The van der Waals surface area contributed by atoms with Gasteiger partial charge in [-0.15, -0.1) is 11.3 Å². The molecular formula is C20H19N3O6S. The van der Waals surface area contributed by atoms with E-state index in [1.54, 1.807) is 19.9 Å². The van der Waals surface area contributed by atoms with Crippen LogP contribution in [0.25, 0.3) is 10.6 Å². The maximum absolute atomic E-state index is 12.7. The second-order valence-electron chi connectivity index (χ2n) is 6.64. The van der Waals surface area contributed by atoms with Crippen molar-refractivity contribution in [2.75, 3.05) is 0 Å². The van der Waals surface area contributed by atoms with Crippen LogP contribution in [-0.4, -0.2) is 28.1 Å². The molecule has 2 aromatic heterocycles. The fourth-order valence-corrected chi connectivity index (χ4v) is 3.49. The number of thiophene rings is 1. The number of nitrogens with one attached hydrogen (secondary N) is 1. The largest absolute Gasteiger partial charge is 0.463 e. The molecule has 156 valence electrons. The van der Waals surface area contributed by atoms with Crippen LogP contribution in [0.2, 0.25) is 0 Å². The standard InChI is InChI=1S/C20H19N3O6S/c1-12(2)28-19(24)11-14(13-6-3-4-7-16(13)23(26)27)21-20(25)15-10-17(29-22-15)18-8-5-9-30-18/h3-10,12,14H,11H2,1-2H3,(H,21,25). The molecule has 9 nitrogen and oxygen atoms in total. The van der Waals surface area contributed by atoms with Gasteiger partial charge in [-0.25, -0.2) is 0 Å². The number of carbonyl (C=O) groups excluding carboxylic acids is 2. The Hall–Kier alpha value is -3.53. The van der Waals surface area contributed by atoms with Gasteiger partial charge in [-0.3, -0.25) is 19.7 Å². The summed E-state index contributed by atoms with van der Waals surface area (Å²) < 4.78 is 10.4. The van der Waals surface area contributed by atoms with Crippen molar-refractivity contribution in [3.05, 3.63) is 69.2 Å². The van der Waals surface area contributed by atoms with Crippen LogP contribution < -0.4 is 5.32 Å². The molecule has 1 aromatic carbocycles. The van der Waals surface area contributed by atoms with E-state index in [0.29, 0.717) is 5.76 Å². The topological polar surface area (TPSA) is 125 Å². The van der Waals surface area contributed by atoms with Crippen molar-refractivity contribution >= 4 is 28.9 Å². The molecule has 1 atom stereocenters. The number of nitro benzene ring substituents is 1. The van der Waals surface area contributed by atoms with Gasteiger partial charge < -0.3 is 14.6 Å². The molecular weight excluding hydrogens is 410 g/mol. The summed E-state index contributed by atoms with van der Waals surface area (Å²) in [6.45, 7) is 3.38. The minimum absolute atomic E-state index is 0.000730. The van der Waals surface area contributed by atoms with E-state index >= 15 is 0 Å². The molecule has 0 aliphatic rings. The third-order valence-electron chi connectivity index (χ3n) is 4.06. The third kappa shape index (κ3) is 5.09. The van der Waals surface area contributed by atoms with Crippen molar-refractivity contribution in [3.8, 4) is 10.6 Å². The first-order valence-corrected chi connectivity index (χ1v) is 9.97. The number of ether oxygens (including phenoxy) is 1. The number of esters is 1. The number of nitro groups is 1. The van der Waals surface area contributed by atoms with Crippen LogP contribution in [0.5, 0.6) is 0 Å². The molecule has 0 spiro atoms. The highest BCUT2D eigenvalue weighted by molar-refractivity contribution is 7.13. The summed E-state index contributed by atoms with van der Waals surface area (Å²) in [4.78, 5) is 36.6. The number of para-hydroxylation sites is 1. The molecule has 0 saturated carbocycles. The van der Waals surface area contributed by atoms with Crippen molar-refractivity contribution in [3.63, 3.8) is 0 Å². The monoisotopic (exact) mass is 429 g/mol. The lowest BCUT2D eigenvalue weighted by Gasteiger charge is -2.18. The van der Waals surface area contributed by atoms with Gasteiger partial charge in [0, 0.05) is 12.1 Å². The summed E-state index contributed by atoms with van der Waals surface area (Å²) in [7, 11) is 0. The van der Waals surface area contributed by atoms with E-state index in [9.17, 15) is 19.7 Å². The average molecular weight is 429 g/mol. The zero-order chi connectivity index (χ0) is 21.7. The first-order valence-electron chi connectivity index (χ1n) is 9.09. The second-order valence-corrected chi connectivity index (χ2v) is 7.59. The molecule has 0 saturated heterocycles. The molecule has 1 amide bonds. The minimum Gasteiger partial charge on any atom is -0.463 e.